The molecule has 2 aromatic rings. The molecule has 1 aromatic heterocycles. The van der Waals surface area contributed by atoms with Gasteiger partial charge in [0.05, 0.1) is 16.9 Å². The van der Waals surface area contributed by atoms with Crippen molar-refractivity contribution in [3.8, 4) is 5.69 Å². The van der Waals surface area contributed by atoms with Crippen LogP contribution in [-0.4, -0.2) is 36.1 Å². The summed E-state index contributed by atoms with van der Waals surface area (Å²) < 4.78 is 26.2. The van der Waals surface area contributed by atoms with Gasteiger partial charge in [0.1, 0.15) is 0 Å². The largest absolute Gasteiger partial charge is 0.370 e. The van der Waals surface area contributed by atoms with Gasteiger partial charge in [-0.15, -0.1) is 0 Å². The lowest BCUT2D eigenvalue weighted by molar-refractivity contribution is 0.100. The summed E-state index contributed by atoms with van der Waals surface area (Å²) in [6, 6.07) is 3.05. The summed E-state index contributed by atoms with van der Waals surface area (Å²) in [6.07, 6.45) is 6.07. The van der Waals surface area contributed by atoms with Crippen LogP contribution in [0, 0.1) is 0 Å². The molecule has 2 rings (SSSR count). The van der Waals surface area contributed by atoms with E-state index in [1.54, 1.807) is 17.7 Å². The van der Waals surface area contributed by atoms with Gasteiger partial charge >= 0.3 is 0 Å². The lowest BCUT2D eigenvalue weighted by Gasteiger charge is -2.15. The lowest BCUT2D eigenvalue weighted by atomic mass is 10.0. The monoisotopic (exact) mass is 335 g/mol. The van der Waals surface area contributed by atoms with Gasteiger partial charge in [0.2, 0.25) is 0 Å². The van der Waals surface area contributed by atoms with Crippen molar-refractivity contribution in [2.75, 3.05) is 6.26 Å². The zero-order valence-electron chi connectivity index (χ0n) is 12.7. The standard InChI is InChI=1S/C14H17N5O3S/c1-3-9-10(13(20)18-14(15)16)4-5-11(12(9)23(2,21)22)19-7-6-17-8-19/h4-8H,3H2,1-2H3,(H4,15,16,18,20). The fourth-order valence-corrected chi connectivity index (χ4v) is 3.62. The van der Waals surface area contributed by atoms with Gasteiger partial charge < -0.3 is 16.0 Å². The molecule has 0 fully saturated rings. The van der Waals surface area contributed by atoms with E-state index in [4.69, 9.17) is 11.5 Å². The molecule has 0 radical (unpaired) electrons. The number of rotatable bonds is 4. The van der Waals surface area contributed by atoms with Crippen molar-refractivity contribution in [3.05, 3.63) is 42.0 Å². The van der Waals surface area contributed by atoms with Crippen molar-refractivity contribution in [3.63, 3.8) is 0 Å². The maximum absolute atomic E-state index is 12.3. The summed E-state index contributed by atoms with van der Waals surface area (Å²) in [5.74, 6) is -1.06. The molecule has 4 N–H and O–H groups in total. The molecule has 1 heterocycles. The van der Waals surface area contributed by atoms with Crippen LogP contribution >= 0.6 is 0 Å². The zero-order valence-corrected chi connectivity index (χ0v) is 13.5. The Hall–Kier alpha value is -2.68. The molecule has 0 aliphatic rings. The van der Waals surface area contributed by atoms with E-state index in [1.807, 2.05) is 0 Å². The van der Waals surface area contributed by atoms with E-state index >= 15 is 0 Å². The van der Waals surface area contributed by atoms with Crippen molar-refractivity contribution in [2.45, 2.75) is 18.2 Å². The number of hydrogen-bond acceptors (Lipinski definition) is 4. The predicted molar refractivity (Wildman–Crippen MR) is 86.2 cm³/mol. The predicted octanol–water partition coefficient (Wildman–Crippen LogP) is 0.252. The minimum atomic E-state index is -3.60. The highest BCUT2D eigenvalue weighted by Gasteiger charge is 2.24. The molecule has 0 unspecified atom stereocenters. The van der Waals surface area contributed by atoms with Gasteiger partial charge in [-0.25, -0.2) is 13.4 Å². The first-order valence-corrected chi connectivity index (χ1v) is 8.63. The SMILES string of the molecule is CCc1c(C(=O)N=C(N)N)ccc(-n2ccnc2)c1S(C)(=O)=O. The molecule has 0 saturated carbocycles. The normalized spacial score (nSPS) is 11.2. The van der Waals surface area contributed by atoms with Gasteiger partial charge in [-0.1, -0.05) is 6.92 Å². The second kappa shape index (κ2) is 6.21. The molecule has 0 spiro atoms. The number of aliphatic imine (C=N–C) groups is 1. The number of imidazole rings is 1. The molecule has 0 bridgehead atoms. The number of nitrogens with two attached hydrogens (primary N) is 2. The Kier molecular flexibility index (Phi) is 4.50. The molecule has 0 aliphatic carbocycles. The van der Waals surface area contributed by atoms with E-state index in [2.05, 4.69) is 9.98 Å². The van der Waals surface area contributed by atoms with Crippen molar-refractivity contribution in [2.24, 2.45) is 16.5 Å². The van der Waals surface area contributed by atoms with Crippen LogP contribution in [0.3, 0.4) is 0 Å². The van der Waals surface area contributed by atoms with Crippen LogP contribution in [0.5, 0.6) is 0 Å². The van der Waals surface area contributed by atoms with Crippen molar-refractivity contribution < 1.29 is 13.2 Å². The fraction of sp³-hybridized carbons (Fsp3) is 0.214. The molecule has 122 valence electrons. The maximum atomic E-state index is 12.3. The molecule has 1 amide bonds. The number of hydrogen-bond donors (Lipinski definition) is 2. The van der Waals surface area contributed by atoms with Crippen molar-refractivity contribution >= 4 is 21.7 Å². The molecule has 0 aliphatic heterocycles. The van der Waals surface area contributed by atoms with Crippen LogP contribution in [0.15, 0.2) is 40.7 Å². The lowest BCUT2D eigenvalue weighted by Crippen LogP contribution is -2.24. The van der Waals surface area contributed by atoms with E-state index in [-0.39, 0.29) is 16.4 Å². The van der Waals surface area contributed by atoms with Crippen LogP contribution in [-0.2, 0) is 16.3 Å². The number of benzene rings is 1. The minimum Gasteiger partial charge on any atom is -0.370 e. The summed E-state index contributed by atoms with van der Waals surface area (Å²) in [6.45, 7) is 1.76. The molecule has 23 heavy (non-hydrogen) atoms. The summed E-state index contributed by atoms with van der Waals surface area (Å²) in [5.41, 5.74) is 11.4. The van der Waals surface area contributed by atoms with E-state index in [0.29, 0.717) is 17.7 Å². The quantitative estimate of drug-likeness (QED) is 0.608. The van der Waals surface area contributed by atoms with Crippen LogP contribution in [0.1, 0.15) is 22.8 Å². The minimum absolute atomic E-state index is 0.0645. The third-order valence-electron chi connectivity index (χ3n) is 3.21. The van der Waals surface area contributed by atoms with Gasteiger partial charge in [-0.05, 0) is 24.1 Å². The van der Waals surface area contributed by atoms with Gasteiger partial charge in [0, 0.05) is 24.2 Å². The third-order valence-corrected chi connectivity index (χ3v) is 4.40. The van der Waals surface area contributed by atoms with Crippen molar-refractivity contribution in [1.29, 1.82) is 0 Å². The fourth-order valence-electron chi connectivity index (χ4n) is 2.36. The van der Waals surface area contributed by atoms with Crippen molar-refractivity contribution in [1.82, 2.24) is 9.55 Å². The Labute approximate surface area is 133 Å². The highest BCUT2D eigenvalue weighted by Crippen LogP contribution is 2.28. The molecular weight excluding hydrogens is 318 g/mol. The molecule has 8 nitrogen and oxygen atoms in total. The van der Waals surface area contributed by atoms with Crippen LogP contribution in [0.2, 0.25) is 0 Å². The first-order valence-electron chi connectivity index (χ1n) is 6.74. The Morgan fingerprint density at radius 1 is 1.35 bits per heavy atom. The zero-order chi connectivity index (χ0) is 17.2. The molecular formula is C14H17N5O3S. The first-order chi connectivity index (χ1) is 10.8. The molecule has 0 atom stereocenters. The summed E-state index contributed by atoms with van der Waals surface area (Å²) in [5, 5.41) is 0. The van der Waals surface area contributed by atoms with Gasteiger partial charge in [-0.2, -0.15) is 4.99 Å². The smallest absolute Gasteiger partial charge is 0.280 e. The van der Waals surface area contributed by atoms with Crippen LogP contribution in [0.4, 0.5) is 0 Å². The third kappa shape index (κ3) is 3.39. The Bertz CT molecular complexity index is 866. The van der Waals surface area contributed by atoms with Crippen LogP contribution in [0.25, 0.3) is 5.69 Å². The number of sulfone groups is 1. The average molecular weight is 335 g/mol. The van der Waals surface area contributed by atoms with Crippen LogP contribution < -0.4 is 11.5 Å². The Balaban J connectivity index is 2.81. The summed E-state index contributed by atoms with van der Waals surface area (Å²) >= 11 is 0. The number of guanidine groups is 1. The number of carbonyl (C=O) groups is 1. The van der Waals surface area contributed by atoms with E-state index in [1.165, 1.54) is 24.7 Å². The molecule has 0 saturated heterocycles. The van der Waals surface area contributed by atoms with Gasteiger partial charge in [0.25, 0.3) is 5.91 Å². The first kappa shape index (κ1) is 16.7. The van der Waals surface area contributed by atoms with Gasteiger partial charge in [0.15, 0.2) is 15.8 Å². The summed E-state index contributed by atoms with van der Waals surface area (Å²) in [4.78, 5) is 19.6. The average Bonchev–Trinajstić information content (AvgIpc) is 2.97. The second-order valence-corrected chi connectivity index (χ2v) is 6.83. The number of aromatic nitrogens is 2. The maximum Gasteiger partial charge on any atom is 0.280 e. The second-order valence-electron chi connectivity index (χ2n) is 4.88. The topological polar surface area (TPSA) is 133 Å². The number of nitrogens with zero attached hydrogens (tertiary/aromatic N) is 3. The number of amides is 1. The summed E-state index contributed by atoms with van der Waals surface area (Å²) in [7, 11) is -3.60. The highest BCUT2D eigenvalue weighted by molar-refractivity contribution is 7.90. The number of carbonyl (C=O) groups excluding carboxylic acids is 1. The molecule has 9 heteroatoms. The van der Waals surface area contributed by atoms with E-state index in [0.717, 1.165) is 6.26 Å². The van der Waals surface area contributed by atoms with E-state index < -0.39 is 15.7 Å². The Morgan fingerprint density at radius 3 is 2.52 bits per heavy atom. The molecule has 1 aromatic carbocycles. The van der Waals surface area contributed by atoms with E-state index in [9.17, 15) is 13.2 Å². The highest BCUT2D eigenvalue weighted by atomic mass is 32.2. The van der Waals surface area contributed by atoms with Gasteiger partial charge in [-0.3, -0.25) is 4.79 Å². The Morgan fingerprint density at radius 2 is 2.04 bits per heavy atom.